The van der Waals surface area contributed by atoms with Crippen molar-refractivity contribution in [3.05, 3.63) is 89.8 Å². The minimum Gasteiger partial charge on any atom is -0.465 e. The molecule has 0 bridgehead atoms. The molecule has 2 aromatic carbocycles. The van der Waals surface area contributed by atoms with Crippen LogP contribution in [0.15, 0.2) is 72.9 Å². The number of nitrogens with two attached hydrogens (primary N) is 1. The van der Waals surface area contributed by atoms with E-state index in [1.54, 1.807) is 60.7 Å². The molecule has 0 unspecified atom stereocenters. The molecular weight excluding hydrogens is 424 g/mol. The summed E-state index contributed by atoms with van der Waals surface area (Å²) in [6.07, 6.45) is 2.05. The molecule has 1 aliphatic heterocycles. The van der Waals surface area contributed by atoms with Gasteiger partial charge in [-0.15, -0.1) is 0 Å². The van der Waals surface area contributed by atoms with Crippen molar-refractivity contribution in [1.29, 1.82) is 0 Å². The molecule has 0 saturated heterocycles. The second-order valence-corrected chi connectivity index (χ2v) is 7.27. The molecule has 3 aromatic rings. The normalized spacial score (nSPS) is 12.7. The third-order valence-electron chi connectivity index (χ3n) is 5.03. The molecule has 0 aliphatic carbocycles. The minimum atomic E-state index is -1.02. The van der Waals surface area contributed by atoms with E-state index in [1.807, 2.05) is 6.07 Å². The fourth-order valence-corrected chi connectivity index (χ4v) is 3.29. The zero-order valence-corrected chi connectivity index (χ0v) is 17.4. The Balaban J connectivity index is 1.51. The van der Waals surface area contributed by atoms with E-state index in [2.05, 4.69) is 10.3 Å². The number of carbonyl (C=O) groups is 3. The first kappa shape index (κ1) is 21.6. The van der Waals surface area contributed by atoms with E-state index < -0.39 is 12.0 Å². The number of rotatable bonds is 6. The number of benzene rings is 2. The second kappa shape index (κ2) is 9.23. The minimum absolute atomic E-state index is 0.0916. The quantitative estimate of drug-likeness (QED) is 0.532. The number of hydrogen-bond acceptors (Lipinski definition) is 5. The van der Waals surface area contributed by atoms with E-state index in [0.29, 0.717) is 28.3 Å². The van der Waals surface area contributed by atoms with Gasteiger partial charge in [-0.25, -0.2) is 4.79 Å². The number of amides is 3. The monoisotopic (exact) mass is 444 g/mol. The average molecular weight is 444 g/mol. The molecule has 4 N–H and O–H groups in total. The molecule has 2 heterocycles. The molecule has 9 heteroatoms. The van der Waals surface area contributed by atoms with Crippen LogP contribution in [-0.4, -0.2) is 46.0 Å². The molecule has 4 rings (SSSR count). The Morgan fingerprint density at radius 2 is 1.79 bits per heavy atom. The van der Waals surface area contributed by atoms with E-state index in [9.17, 15) is 14.4 Å². The van der Waals surface area contributed by atoms with Gasteiger partial charge in [0.15, 0.2) is 0 Å². The van der Waals surface area contributed by atoms with Crippen LogP contribution in [0.4, 0.5) is 10.5 Å². The van der Waals surface area contributed by atoms with Crippen LogP contribution in [0.5, 0.6) is 11.5 Å². The number of carboxylic acid groups (broad SMARTS) is 1. The van der Waals surface area contributed by atoms with Crippen molar-refractivity contribution in [2.45, 2.75) is 0 Å². The number of primary amides is 1. The van der Waals surface area contributed by atoms with E-state index in [-0.39, 0.29) is 30.3 Å². The van der Waals surface area contributed by atoms with Gasteiger partial charge in [-0.2, -0.15) is 0 Å². The van der Waals surface area contributed by atoms with E-state index in [0.717, 1.165) is 0 Å². The first-order valence-electron chi connectivity index (χ1n) is 10.0. The number of anilines is 1. The summed E-state index contributed by atoms with van der Waals surface area (Å²) in [5.74, 6) is -0.328. The number of hydrogen-bond donors (Lipinski definition) is 3. The fraction of sp³-hybridized carbons (Fsp3) is 0.0833. The van der Waals surface area contributed by atoms with Crippen molar-refractivity contribution < 1.29 is 24.2 Å². The molecule has 9 nitrogen and oxygen atoms in total. The third-order valence-corrected chi connectivity index (χ3v) is 5.03. The number of nitrogens with one attached hydrogen (secondary N) is 1. The van der Waals surface area contributed by atoms with Gasteiger partial charge in [0.1, 0.15) is 17.1 Å². The van der Waals surface area contributed by atoms with Crippen LogP contribution in [0.1, 0.15) is 26.4 Å². The standard InChI is InChI=1S/C24H20N4O5/c25-22(29)19-13-26-20(16-10-11-28(14-16)24(31)32)12-21(19)33-18-8-6-17(7-9-18)27-23(30)15-4-2-1-3-5-15/h1-10,12-13H,11,14H2,(H2,25,29)(H,27,30)(H,31,32). The van der Waals surface area contributed by atoms with Crippen molar-refractivity contribution in [2.75, 3.05) is 18.4 Å². The molecule has 0 atom stereocenters. The first-order chi connectivity index (χ1) is 15.9. The van der Waals surface area contributed by atoms with Gasteiger partial charge >= 0.3 is 6.09 Å². The summed E-state index contributed by atoms with van der Waals surface area (Å²) in [6.45, 7) is 0.448. The first-order valence-corrected chi connectivity index (χ1v) is 10.0. The second-order valence-electron chi connectivity index (χ2n) is 7.27. The maximum absolute atomic E-state index is 12.3. The van der Waals surface area contributed by atoms with Crippen LogP contribution in [0.3, 0.4) is 0 Å². The molecule has 0 spiro atoms. The predicted molar refractivity (Wildman–Crippen MR) is 121 cm³/mol. The summed E-state index contributed by atoms with van der Waals surface area (Å²) in [4.78, 5) is 40.8. The molecule has 0 saturated carbocycles. The fourth-order valence-electron chi connectivity index (χ4n) is 3.29. The van der Waals surface area contributed by atoms with Crippen molar-refractivity contribution in [2.24, 2.45) is 5.73 Å². The highest BCUT2D eigenvalue weighted by molar-refractivity contribution is 6.04. The summed E-state index contributed by atoms with van der Waals surface area (Å²) in [5, 5.41) is 11.9. The van der Waals surface area contributed by atoms with Crippen molar-refractivity contribution in [3.8, 4) is 11.5 Å². The lowest BCUT2D eigenvalue weighted by atomic mass is 10.1. The highest BCUT2D eigenvalue weighted by Gasteiger charge is 2.22. The van der Waals surface area contributed by atoms with Gasteiger partial charge in [0, 0.05) is 30.1 Å². The third kappa shape index (κ3) is 4.99. The van der Waals surface area contributed by atoms with Crippen LogP contribution in [0, 0.1) is 0 Å². The topological polar surface area (TPSA) is 135 Å². The van der Waals surface area contributed by atoms with E-state index in [4.69, 9.17) is 15.6 Å². The van der Waals surface area contributed by atoms with Gasteiger partial charge in [-0.3, -0.25) is 14.6 Å². The van der Waals surface area contributed by atoms with Crippen molar-refractivity contribution in [3.63, 3.8) is 0 Å². The summed E-state index contributed by atoms with van der Waals surface area (Å²) >= 11 is 0. The van der Waals surface area contributed by atoms with Crippen molar-refractivity contribution in [1.82, 2.24) is 9.88 Å². The average Bonchev–Trinajstić information content (AvgIpc) is 3.31. The smallest absolute Gasteiger partial charge is 0.407 e. The van der Waals surface area contributed by atoms with Crippen LogP contribution < -0.4 is 15.8 Å². The number of aromatic nitrogens is 1. The lowest BCUT2D eigenvalue weighted by Gasteiger charge is -2.13. The van der Waals surface area contributed by atoms with Crippen molar-refractivity contribution >= 4 is 29.2 Å². The molecule has 33 heavy (non-hydrogen) atoms. The maximum Gasteiger partial charge on any atom is 0.407 e. The molecule has 1 aromatic heterocycles. The molecule has 0 radical (unpaired) electrons. The Bertz CT molecular complexity index is 1240. The van der Waals surface area contributed by atoms with Gasteiger partial charge in [0.25, 0.3) is 11.8 Å². The maximum atomic E-state index is 12.3. The van der Waals surface area contributed by atoms with Crippen LogP contribution in [0.25, 0.3) is 5.57 Å². The molecule has 0 fully saturated rings. The molecule has 3 amide bonds. The predicted octanol–water partition coefficient (Wildman–Crippen LogP) is 3.60. The lowest BCUT2D eigenvalue weighted by Crippen LogP contribution is -2.26. The number of carbonyl (C=O) groups excluding carboxylic acids is 2. The number of pyridine rings is 1. The van der Waals surface area contributed by atoms with E-state index in [1.165, 1.54) is 11.1 Å². The summed E-state index contributed by atoms with van der Waals surface area (Å²) < 4.78 is 5.88. The Morgan fingerprint density at radius 3 is 2.42 bits per heavy atom. The van der Waals surface area contributed by atoms with E-state index >= 15 is 0 Å². The Morgan fingerprint density at radius 1 is 1.06 bits per heavy atom. The largest absolute Gasteiger partial charge is 0.465 e. The lowest BCUT2D eigenvalue weighted by molar-refractivity contribution is 0.0995. The van der Waals surface area contributed by atoms with Crippen LogP contribution in [-0.2, 0) is 0 Å². The summed E-state index contributed by atoms with van der Waals surface area (Å²) in [7, 11) is 0. The molecule has 1 aliphatic rings. The van der Waals surface area contributed by atoms with Gasteiger partial charge in [0.2, 0.25) is 0 Å². The van der Waals surface area contributed by atoms with Gasteiger partial charge < -0.3 is 25.8 Å². The van der Waals surface area contributed by atoms with Gasteiger partial charge in [-0.1, -0.05) is 24.3 Å². The number of ether oxygens (including phenoxy) is 1. The van der Waals surface area contributed by atoms with Crippen LogP contribution >= 0.6 is 0 Å². The molecular formula is C24H20N4O5. The SMILES string of the molecule is NC(=O)c1cnc(C2=CCN(C(=O)O)C2)cc1Oc1ccc(NC(=O)c2ccccc2)cc1. The highest BCUT2D eigenvalue weighted by atomic mass is 16.5. The number of nitrogens with zero attached hydrogens (tertiary/aromatic N) is 2. The van der Waals surface area contributed by atoms with Crippen LogP contribution in [0.2, 0.25) is 0 Å². The van der Waals surface area contributed by atoms with Gasteiger partial charge in [-0.05, 0) is 42.0 Å². The Kier molecular flexibility index (Phi) is 6.03. The highest BCUT2D eigenvalue weighted by Crippen LogP contribution is 2.30. The van der Waals surface area contributed by atoms with Gasteiger partial charge in [0.05, 0.1) is 12.2 Å². The molecule has 166 valence electrons. The zero-order chi connectivity index (χ0) is 23.4. The Labute approximate surface area is 189 Å². The summed E-state index contributed by atoms with van der Waals surface area (Å²) in [5.41, 5.74) is 7.86. The zero-order valence-electron chi connectivity index (χ0n) is 17.4. The summed E-state index contributed by atoms with van der Waals surface area (Å²) in [6, 6.07) is 17.0. The Hall–Kier alpha value is -4.66.